The Bertz CT molecular complexity index is 618. The first-order valence-electron chi connectivity index (χ1n) is 5.83. The molecule has 1 aromatic carbocycles. The summed E-state index contributed by atoms with van der Waals surface area (Å²) in [5.74, 6) is -0.984. The van der Waals surface area contributed by atoms with E-state index in [-0.39, 0.29) is 18.3 Å². The van der Waals surface area contributed by atoms with Crippen LogP contribution in [0.25, 0.3) is 11.0 Å². The van der Waals surface area contributed by atoms with E-state index in [1.165, 1.54) is 6.07 Å². The van der Waals surface area contributed by atoms with Crippen molar-refractivity contribution >= 4 is 28.5 Å². The van der Waals surface area contributed by atoms with Crippen molar-refractivity contribution in [2.45, 2.75) is 6.92 Å². The number of rotatable bonds is 4. The number of fused-ring (bicyclic) bond motifs is 1. The van der Waals surface area contributed by atoms with E-state index in [0.29, 0.717) is 23.2 Å². The van der Waals surface area contributed by atoms with Gasteiger partial charge < -0.3 is 20.2 Å². The Morgan fingerprint density at radius 3 is 2.89 bits per heavy atom. The van der Waals surface area contributed by atoms with E-state index in [1.807, 2.05) is 0 Å². The molecule has 0 bridgehead atoms. The summed E-state index contributed by atoms with van der Waals surface area (Å²) in [5.41, 5.74) is 6.75. The molecule has 0 atom stereocenters. The van der Waals surface area contributed by atoms with Crippen LogP contribution in [0.1, 0.15) is 17.5 Å². The average Bonchev–Trinajstić information content (AvgIpc) is 2.79. The van der Waals surface area contributed by atoms with Gasteiger partial charge in [-0.2, -0.15) is 0 Å². The van der Waals surface area contributed by atoms with Gasteiger partial charge in [0.2, 0.25) is 5.76 Å². The minimum atomic E-state index is -0.680. The fraction of sp³-hybridized carbons (Fsp3) is 0.231. The van der Waals surface area contributed by atoms with Gasteiger partial charge in [0, 0.05) is 17.6 Å². The second-order valence-corrected chi connectivity index (χ2v) is 3.94. The number of amides is 1. The van der Waals surface area contributed by atoms with E-state index < -0.39 is 5.97 Å². The number of likely N-dealkylation sites (N-methyl/N-ethyl adjacent to an activating group) is 1. The number of benzene rings is 1. The molecule has 0 aliphatic heterocycles. The zero-order valence-corrected chi connectivity index (χ0v) is 10.4. The lowest BCUT2D eigenvalue weighted by Gasteiger charge is -2.02. The fourth-order valence-corrected chi connectivity index (χ4v) is 1.61. The van der Waals surface area contributed by atoms with Crippen LogP contribution in [0.2, 0.25) is 0 Å². The summed E-state index contributed by atoms with van der Waals surface area (Å²) >= 11 is 0. The summed E-state index contributed by atoms with van der Waals surface area (Å²) < 4.78 is 10.1. The van der Waals surface area contributed by atoms with Crippen LogP contribution >= 0.6 is 0 Å². The van der Waals surface area contributed by atoms with Gasteiger partial charge in [-0.25, -0.2) is 4.79 Å². The molecule has 1 amide bonds. The summed E-state index contributed by atoms with van der Waals surface area (Å²) in [6, 6.07) is 6.58. The number of carbonyl (C=O) groups excluding carboxylic acids is 2. The third kappa shape index (κ3) is 3.04. The van der Waals surface area contributed by atoms with Gasteiger partial charge in [0.1, 0.15) is 5.58 Å². The molecular weight excluding hydrogens is 248 g/mol. The smallest absolute Gasteiger partial charge is 0.374 e. The molecule has 3 N–H and O–H groups in total. The quantitative estimate of drug-likeness (QED) is 0.640. The molecule has 1 heterocycles. The molecule has 1 aromatic heterocycles. The van der Waals surface area contributed by atoms with Crippen molar-refractivity contribution in [2.24, 2.45) is 0 Å². The van der Waals surface area contributed by atoms with Crippen molar-refractivity contribution in [1.29, 1.82) is 0 Å². The van der Waals surface area contributed by atoms with Crippen LogP contribution in [0.3, 0.4) is 0 Å². The maximum absolute atomic E-state index is 11.7. The predicted molar refractivity (Wildman–Crippen MR) is 69.6 cm³/mol. The summed E-state index contributed by atoms with van der Waals surface area (Å²) in [6.07, 6.45) is 0. The zero-order valence-electron chi connectivity index (χ0n) is 10.4. The third-order valence-electron chi connectivity index (χ3n) is 2.45. The van der Waals surface area contributed by atoms with Crippen LogP contribution in [0.4, 0.5) is 5.69 Å². The molecule has 6 nitrogen and oxygen atoms in total. The van der Waals surface area contributed by atoms with Crippen molar-refractivity contribution in [3.8, 4) is 0 Å². The van der Waals surface area contributed by atoms with Crippen molar-refractivity contribution < 1.29 is 18.7 Å². The predicted octanol–water partition coefficient (Wildman–Crippen LogP) is 1.31. The second kappa shape index (κ2) is 5.43. The number of anilines is 1. The molecule has 0 unspecified atom stereocenters. The van der Waals surface area contributed by atoms with Crippen LogP contribution in [0.5, 0.6) is 0 Å². The number of ether oxygens (including phenoxy) is 1. The molecule has 100 valence electrons. The first-order valence-corrected chi connectivity index (χ1v) is 5.83. The highest BCUT2D eigenvalue weighted by Gasteiger charge is 2.15. The van der Waals surface area contributed by atoms with E-state index in [2.05, 4.69) is 5.32 Å². The van der Waals surface area contributed by atoms with Crippen LogP contribution in [0.15, 0.2) is 28.7 Å². The maximum Gasteiger partial charge on any atom is 0.374 e. The lowest BCUT2D eigenvalue weighted by molar-refractivity contribution is -0.124. The van der Waals surface area contributed by atoms with Crippen LogP contribution in [0, 0.1) is 0 Å². The number of furan rings is 1. The van der Waals surface area contributed by atoms with Crippen molar-refractivity contribution in [2.75, 3.05) is 18.9 Å². The summed E-state index contributed by atoms with van der Waals surface area (Å²) in [7, 11) is 0. The summed E-state index contributed by atoms with van der Waals surface area (Å²) in [5, 5.41) is 3.24. The summed E-state index contributed by atoms with van der Waals surface area (Å²) in [6.45, 7) is 1.94. The van der Waals surface area contributed by atoms with Gasteiger partial charge in [-0.3, -0.25) is 4.79 Å². The molecule has 2 rings (SSSR count). The van der Waals surface area contributed by atoms with Gasteiger partial charge in [-0.1, -0.05) is 0 Å². The van der Waals surface area contributed by atoms with Crippen molar-refractivity contribution in [1.82, 2.24) is 5.32 Å². The highest BCUT2D eigenvalue weighted by molar-refractivity contribution is 5.94. The molecule has 2 aromatic rings. The zero-order chi connectivity index (χ0) is 13.8. The molecule has 6 heteroatoms. The minimum Gasteiger partial charge on any atom is -0.450 e. The van der Waals surface area contributed by atoms with Gasteiger partial charge in [-0.05, 0) is 31.2 Å². The highest BCUT2D eigenvalue weighted by atomic mass is 16.5. The SMILES string of the molecule is CCNC(=O)COC(=O)c1cc2cc(N)ccc2o1. The Morgan fingerprint density at radius 2 is 2.16 bits per heavy atom. The number of nitrogens with two attached hydrogens (primary N) is 1. The van der Waals surface area contributed by atoms with Crippen molar-refractivity contribution in [3.63, 3.8) is 0 Å². The average molecular weight is 262 g/mol. The van der Waals surface area contributed by atoms with Gasteiger partial charge in [0.15, 0.2) is 6.61 Å². The molecule has 0 aliphatic carbocycles. The standard InChI is InChI=1S/C13H14N2O4/c1-2-15-12(16)7-18-13(17)11-6-8-5-9(14)3-4-10(8)19-11/h3-6H,2,7,14H2,1H3,(H,15,16). The van der Waals surface area contributed by atoms with E-state index in [0.717, 1.165) is 0 Å². The monoisotopic (exact) mass is 262 g/mol. The van der Waals surface area contributed by atoms with Crippen LogP contribution in [-0.4, -0.2) is 25.0 Å². The Balaban J connectivity index is 2.07. The summed E-state index contributed by atoms with van der Waals surface area (Å²) in [4.78, 5) is 22.8. The molecule has 19 heavy (non-hydrogen) atoms. The van der Waals surface area contributed by atoms with Gasteiger partial charge in [-0.15, -0.1) is 0 Å². The molecular formula is C13H14N2O4. The Kier molecular flexibility index (Phi) is 3.70. The number of nitrogen functional groups attached to an aromatic ring is 1. The van der Waals surface area contributed by atoms with E-state index in [1.54, 1.807) is 25.1 Å². The number of carbonyl (C=O) groups is 2. The number of esters is 1. The maximum atomic E-state index is 11.7. The molecule has 0 saturated heterocycles. The molecule has 0 fully saturated rings. The minimum absolute atomic E-state index is 0.0462. The molecule has 0 saturated carbocycles. The van der Waals surface area contributed by atoms with E-state index >= 15 is 0 Å². The van der Waals surface area contributed by atoms with Gasteiger partial charge >= 0.3 is 5.97 Å². The fourth-order valence-electron chi connectivity index (χ4n) is 1.61. The second-order valence-electron chi connectivity index (χ2n) is 3.94. The first kappa shape index (κ1) is 12.9. The van der Waals surface area contributed by atoms with Gasteiger partial charge in [0.05, 0.1) is 0 Å². The third-order valence-corrected chi connectivity index (χ3v) is 2.45. The Hall–Kier alpha value is -2.50. The normalized spacial score (nSPS) is 10.4. The van der Waals surface area contributed by atoms with E-state index in [9.17, 15) is 9.59 Å². The number of hydrogen-bond acceptors (Lipinski definition) is 5. The van der Waals surface area contributed by atoms with Crippen molar-refractivity contribution in [3.05, 3.63) is 30.0 Å². The highest BCUT2D eigenvalue weighted by Crippen LogP contribution is 2.22. The molecule has 0 spiro atoms. The first-order chi connectivity index (χ1) is 9.10. The lowest BCUT2D eigenvalue weighted by Crippen LogP contribution is -2.28. The van der Waals surface area contributed by atoms with E-state index in [4.69, 9.17) is 14.9 Å². The molecule has 0 radical (unpaired) electrons. The topological polar surface area (TPSA) is 94.6 Å². The lowest BCUT2D eigenvalue weighted by atomic mass is 10.2. The van der Waals surface area contributed by atoms with Gasteiger partial charge in [0.25, 0.3) is 5.91 Å². The van der Waals surface area contributed by atoms with Crippen LogP contribution in [-0.2, 0) is 9.53 Å². The largest absolute Gasteiger partial charge is 0.450 e. The molecule has 0 aliphatic rings. The number of nitrogens with one attached hydrogen (secondary N) is 1. The number of hydrogen-bond donors (Lipinski definition) is 2. The Labute approximate surface area is 109 Å². The van der Waals surface area contributed by atoms with Crippen LogP contribution < -0.4 is 11.1 Å². The Morgan fingerprint density at radius 1 is 1.37 bits per heavy atom.